The van der Waals surface area contributed by atoms with Crippen LogP contribution in [-0.2, 0) is 14.3 Å². The first-order valence-corrected chi connectivity index (χ1v) is 9.15. The standard InChI is InChI=1S/C17H18N4O5S/c1-3-25-17(24)14-15(27-20-19-14)18-13(22)8-9-21-11-6-4-5-7-12(11)26-10(2)16(21)23/h4-7,10H,3,8-9H2,1-2H3,(H,18,22). The predicted octanol–water partition coefficient (Wildman–Crippen LogP) is 1.86. The lowest BCUT2D eigenvalue weighted by atomic mass is 10.1. The van der Waals surface area contributed by atoms with Crippen molar-refractivity contribution in [2.24, 2.45) is 0 Å². The summed E-state index contributed by atoms with van der Waals surface area (Å²) in [7, 11) is 0. The third-order valence-corrected chi connectivity index (χ3v) is 4.49. The molecule has 0 bridgehead atoms. The van der Waals surface area contributed by atoms with Crippen LogP contribution in [0.3, 0.4) is 0 Å². The Morgan fingerprint density at radius 3 is 2.93 bits per heavy atom. The fourth-order valence-electron chi connectivity index (χ4n) is 2.60. The third-order valence-electron chi connectivity index (χ3n) is 3.85. The van der Waals surface area contributed by atoms with Gasteiger partial charge < -0.3 is 19.7 Å². The molecule has 2 amide bonds. The van der Waals surface area contributed by atoms with Gasteiger partial charge in [-0.25, -0.2) is 4.79 Å². The summed E-state index contributed by atoms with van der Waals surface area (Å²) in [6.45, 7) is 3.71. The van der Waals surface area contributed by atoms with E-state index in [1.807, 2.05) is 6.07 Å². The van der Waals surface area contributed by atoms with Crippen LogP contribution >= 0.6 is 11.5 Å². The molecule has 0 saturated heterocycles. The zero-order chi connectivity index (χ0) is 19.4. The van der Waals surface area contributed by atoms with E-state index in [0.717, 1.165) is 11.5 Å². The lowest BCUT2D eigenvalue weighted by molar-refractivity contribution is -0.125. The second-order valence-corrected chi connectivity index (χ2v) is 6.44. The van der Waals surface area contributed by atoms with E-state index in [0.29, 0.717) is 11.4 Å². The molecule has 10 heteroatoms. The second kappa shape index (κ2) is 8.12. The van der Waals surface area contributed by atoms with E-state index < -0.39 is 12.1 Å². The van der Waals surface area contributed by atoms with Crippen LogP contribution in [0.25, 0.3) is 0 Å². The topological polar surface area (TPSA) is 111 Å². The van der Waals surface area contributed by atoms with E-state index in [9.17, 15) is 14.4 Å². The van der Waals surface area contributed by atoms with Crippen molar-refractivity contribution in [2.45, 2.75) is 26.4 Å². The SMILES string of the molecule is CCOC(=O)c1nnsc1NC(=O)CCN1C(=O)C(C)Oc2ccccc21. The van der Waals surface area contributed by atoms with Crippen LogP contribution in [0.2, 0.25) is 0 Å². The number of carbonyl (C=O) groups excluding carboxylic acids is 3. The number of esters is 1. The van der Waals surface area contributed by atoms with Crippen molar-refractivity contribution < 1.29 is 23.9 Å². The maximum Gasteiger partial charge on any atom is 0.362 e. The molecule has 0 radical (unpaired) electrons. The smallest absolute Gasteiger partial charge is 0.362 e. The molecular weight excluding hydrogens is 372 g/mol. The van der Waals surface area contributed by atoms with Gasteiger partial charge in [-0.1, -0.05) is 16.6 Å². The number of aromatic nitrogens is 2. The van der Waals surface area contributed by atoms with E-state index in [-0.39, 0.29) is 42.1 Å². The Morgan fingerprint density at radius 2 is 2.15 bits per heavy atom. The predicted molar refractivity (Wildman–Crippen MR) is 98.0 cm³/mol. The maximum absolute atomic E-state index is 12.4. The number of fused-ring (bicyclic) bond motifs is 1. The van der Waals surface area contributed by atoms with Crippen molar-refractivity contribution in [3.8, 4) is 5.75 Å². The highest BCUT2D eigenvalue weighted by Crippen LogP contribution is 2.33. The normalized spacial score (nSPS) is 15.7. The first kappa shape index (κ1) is 18.8. The molecule has 1 N–H and O–H groups in total. The summed E-state index contributed by atoms with van der Waals surface area (Å²) in [6, 6.07) is 7.16. The van der Waals surface area contributed by atoms with Gasteiger partial charge in [0.15, 0.2) is 11.1 Å². The van der Waals surface area contributed by atoms with Crippen LogP contribution < -0.4 is 15.0 Å². The summed E-state index contributed by atoms with van der Waals surface area (Å²) in [6.07, 6.45) is -0.587. The summed E-state index contributed by atoms with van der Waals surface area (Å²) in [5.74, 6) is -0.627. The minimum atomic E-state index is -0.646. The summed E-state index contributed by atoms with van der Waals surface area (Å²) in [4.78, 5) is 38.0. The highest BCUT2D eigenvalue weighted by atomic mass is 32.1. The van der Waals surface area contributed by atoms with Crippen molar-refractivity contribution >= 4 is 40.0 Å². The molecule has 2 heterocycles. The number of anilines is 2. The number of carbonyl (C=O) groups is 3. The molecule has 1 atom stereocenters. The molecule has 9 nitrogen and oxygen atoms in total. The molecule has 27 heavy (non-hydrogen) atoms. The summed E-state index contributed by atoms with van der Waals surface area (Å²) in [5, 5.41) is 6.51. The first-order chi connectivity index (χ1) is 13.0. The minimum Gasteiger partial charge on any atom is -0.479 e. The molecule has 2 aromatic rings. The number of hydrogen-bond acceptors (Lipinski definition) is 8. The maximum atomic E-state index is 12.4. The number of rotatable bonds is 6. The Bertz CT molecular complexity index is 869. The van der Waals surface area contributed by atoms with Crippen LogP contribution in [0.4, 0.5) is 10.7 Å². The van der Waals surface area contributed by atoms with Gasteiger partial charge in [0, 0.05) is 24.5 Å². The Balaban J connectivity index is 1.66. The number of nitrogens with zero attached hydrogens (tertiary/aromatic N) is 3. The van der Waals surface area contributed by atoms with Gasteiger partial charge in [0.2, 0.25) is 11.6 Å². The van der Waals surface area contributed by atoms with E-state index in [4.69, 9.17) is 9.47 Å². The van der Waals surface area contributed by atoms with E-state index in [2.05, 4.69) is 14.9 Å². The van der Waals surface area contributed by atoms with Gasteiger partial charge in [-0.15, -0.1) is 5.10 Å². The quantitative estimate of drug-likeness (QED) is 0.750. The molecule has 3 rings (SSSR count). The van der Waals surface area contributed by atoms with Gasteiger partial charge >= 0.3 is 5.97 Å². The molecule has 0 fully saturated rings. The molecular formula is C17H18N4O5S. The van der Waals surface area contributed by atoms with Gasteiger partial charge in [0.1, 0.15) is 5.75 Å². The molecule has 0 saturated carbocycles. The van der Waals surface area contributed by atoms with Crippen LogP contribution in [0.1, 0.15) is 30.8 Å². The Kier molecular flexibility index (Phi) is 5.65. The Labute approximate surface area is 159 Å². The molecule has 1 aromatic carbocycles. The third kappa shape index (κ3) is 4.05. The van der Waals surface area contributed by atoms with Gasteiger partial charge in [0.05, 0.1) is 12.3 Å². The van der Waals surface area contributed by atoms with Crippen molar-refractivity contribution in [3.63, 3.8) is 0 Å². The van der Waals surface area contributed by atoms with Crippen LogP contribution in [0.15, 0.2) is 24.3 Å². The van der Waals surface area contributed by atoms with Gasteiger partial charge in [-0.3, -0.25) is 9.59 Å². The number of benzene rings is 1. The average Bonchev–Trinajstić information content (AvgIpc) is 3.10. The molecule has 1 aromatic heterocycles. The monoisotopic (exact) mass is 390 g/mol. The molecule has 0 spiro atoms. The summed E-state index contributed by atoms with van der Waals surface area (Å²) >= 11 is 0.889. The zero-order valence-electron chi connectivity index (χ0n) is 14.8. The lowest BCUT2D eigenvalue weighted by Crippen LogP contribution is -2.45. The van der Waals surface area contributed by atoms with Crippen molar-refractivity contribution in [1.82, 2.24) is 9.59 Å². The van der Waals surface area contributed by atoms with E-state index in [1.54, 1.807) is 32.0 Å². The molecule has 1 unspecified atom stereocenters. The first-order valence-electron chi connectivity index (χ1n) is 8.37. The number of hydrogen-bond donors (Lipinski definition) is 1. The number of nitrogens with one attached hydrogen (secondary N) is 1. The number of para-hydroxylation sites is 2. The van der Waals surface area contributed by atoms with E-state index >= 15 is 0 Å². The van der Waals surface area contributed by atoms with Gasteiger partial charge in [0.25, 0.3) is 5.91 Å². The largest absolute Gasteiger partial charge is 0.479 e. The highest BCUT2D eigenvalue weighted by Gasteiger charge is 2.31. The minimum absolute atomic E-state index is 0.0309. The molecule has 142 valence electrons. The van der Waals surface area contributed by atoms with Crippen LogP contribution in [0.5, 0.6) is 5.75 Å². The van der Waals surface area contributed by atoms with Crippen molar-refractivity contribution in [3.05, 3.63) is 30.0 Å². The Morgan fingerprint density at radius 1 is 1.37 bits per heavy atom. The number of ether oxygens (including phenoxy) is 2. The summed E-state index contributed by atoms with van der Waals surface area (Å²) in [5.41, 5.74) is 0.594. The molecule has 1 aliphatic rings. The zero-order valence-corrected chi connectivity index (χ0v) is 15.6. The molecule has 0 aliphatic carbocycles. The number of amides is 2. The van der Waals surface area contributed by atoms with Gasteiger partial charge in [-0.05, 0) is 26.0 Å². The second-order valence-electron chi connectivity index (χ2n) is 5.69. The van der Waals surface area contributed by atoms with E-state index in [1.165, 1.54) is 4.90 Å². The fourth-order valence-corrected chi connectivity index (χ4v) is 3.17. The van der Waals surface area contributed by atoms with Crippen LogP contribution in [0, 0.1) is 0 Å². The van der Waals surface area contributed by atoms with Crippen molar-refractivity contribution in [2.75, 3.05) is 23.4 Å². The Hall–Kier alpha value is -3.01. The average molecular weight is 390 g/mol. The lowest BCUT2D eigenvalue weighted by Gasteiger charge is -2.32. The van der Waals surface area contributed by atoms with Crippen molar-refractivity contribution in [1.29, 1.82) is 0 Å². The van der Waals surface area contributed by atoms with Crippen LogP contribution in [-0.4, -0.2) is 46.6 Å². The molecule has 1 aliphatic heterocycles. The van der Waals surface area contributed by atoms with Gasteiger partial charge in [-0.2, -0.15) is 0 Å². The fraction of sp³-hybridized carbons (Fsp3) is 0.353. The summed E-state index contributed by atoms with van der Waals surface area (Å²) < 4.78 is 14.1. The highest BCUT2D eigenvalue weighted by molar-refractivity contribution is 7.10.